The van der Waals surface area contributed by atoms with Gasteiger partial charge in [0.05, 0.1) is 0 Å². The number of aromatic nitrogens is 1. The van der Waals surface area contributed by atoms with Crippen LogP contribution in [-0.4, -0.2) is 48.4 Å². The molecule has 0 aromatic carbocycles. The van der Waals surface area contributed by atoms with E-state index in [0.29, 0.717) is 31.9 Å². The largest absolute Gasteiger partial charge is 0.396 e. The summed E-state index contributed by atoms with van der Waals surface area (Å²) in [6, 6.07) is 2.72. The molecule has 23 heavy (non-hydrogen) atoms. The zero-order valence-corrected chi connectivity index (χ0v) is 13.5. The summed E-state index contributed by atoms with van der Waals surface area (Å²) >= 11 is 0. The molecule has 7 heteroatoms. The number of amides is 2. The maximum atomic E-state index is 13.7. The van der Waals surface area contributed by atoms with Crippen molar-refractivity contribution in [1.82, 2.24) is 15.6 Å². The first-order valence-corrected chi connectivity index (χ1v) is 8.14. The monoisotopic (exact) mass is 324 g/mol. The van der Waals surface area contributed by atoms with Gasteiger partial charge in [0.25, 0.3) is 0 Å². The summed E-state index contributed by atoms with van der Waals surface area (Å²) in [5.41, 5.74) is 0. The number of halogens is 1. The van der Waals surface area contributed by atoms with E-state index in [1.807, 2.05) is 11.8 Å². The number of hydrogen-bond donors (Lipinski definition) is 3. The van der Waals surface area contributed by atoms with E-state index in [1.165, 1.54) is 6.07 Å². The molecule has 0 spiro atoms. The summed E-state index contributed by atoms with van der Waals surface area (Å²) in [5, 5.41) is 14.7. The van der Waals surface area contributed by atoms with Gasteiger partial charge >= 0.3 is 6.03 Å². The highest BCUT2D eigenvalue weighted by molar-refractivity contribution is 5.74. The number of anilines is 1. The first-order valence-electron chi connectivity index (χ1n) is 8.14. The van der Waals surface area contributed by atoms with Gasteiger partial charge < -0.3 is 20.6 Å². The quantitative estimate of drug-likeness (QED) is 0.710. The first-order chi connectivity index (χ1) is 11.1. The van der Waals surface area contributed by atoms with E-state index in [2.05, 4.69) is 15.6 Å². The fourth-order valence-electron chi connectivity index (χ4n) is 2.79. The number of urea groups is 1. The zero-order valence-electron chi connectivity index (χ0n) is 13.5. The van der Waals surface area contributed by atoms with Crippen molar-refractivity contribution in [2.45, 2.75) is 32.2 Å². The summed E-state index contributed by atoms with van der Waals surface area (Å²) in [4.78, 5) is 17.9. The number of aliphatic hydroxyl groups is 1. The van der Waals surface area contributed by atoms with Gasteiger partial charge in [-0.25, -0.2) is 14.2 Å². The molecule has 2 rings (SSSR count). The lowest BCUT2D eigenvalue weighted by Gasteiger charge is -2.19. The predicted octanol–water partition coefficient (Wildman–Crippen LogP) is 1.51. The maximum Gasteiger partial charge on any atom is 0.315 e. The smallest absolute Gasteiger partial charge is 0.315 e. The van der Waals surface area contributed by atoms with E-state index in [1.54, 1.807) is 12.3 Å². The molecule has 1 saturated heterocycles. The SMILES string of the molecule is CCC(CCO)CNC(=O)NC1CCN(c2ncccc2F)C1. The van der Waals surface area contributed by atoms with E-state index >= 15 is 0 Å². The molecule has 1 aliphatic heterocycles. The van der Waals surface area contributed by atoms with E-state index in [0.717, 1.165) is 12.8 Å². The van der Waals surface area contributed by atoms with Gasteiger partial charge in [-0.2, -0.15) is 0 Å². The van der Waals surface area contributed by atoms with Gasteiger partial charge in [-0.05, 0) is 30.9 Å². The van der Waals surface area contributed by atoms with Crippen LogP contribution in [0.5, 0.6) is 0 Å². The van der Waals surface area contributed by atoms with Crippen LogP contribution in [0.3, 0.4) is 0 Å². The van der Waals surface area contributed by atoms with E-state index in [4.69, 9.17) is 5.11 Å². The minimum atomic E-state index is -0.340. The zero-order chi connectivity index (χ0) is 16.7. The lowest BCUT2D eigenvalue weighted by atomic mass is 10.0. The molecule has 1 aliphatic rings. The second kappa shape index (κ2) is 8.67. The molecule has 2 unspecified atom stereocenters. The second-order valence-electron chi connectivity index (χ2n) is 5.88. The lowest BCUT2D eigenvalue weighted by molar-refractivity contribution is 0.228. The number of nitrogens with zero attached hydrogens (tertiary/aromatic N) is 2. The third kappa shape index (κ3) is 5.06. The van der Waals surface area contributed by atoms with Crippen molar-refractivity contribution in [2.24, 2.45) is 5.92 Å². The van der Waals surface area contributed by atoms with Crippen molar-refractivity contribution in [1.29, 1.82) is 0 Å². The number of aliphatic hydroxyl groups excluding tert-OH is 1. The molecule has 0 aliphatic carbocycles. The van der Waals surface area contributed by atoms with Crippen LogP contribution < -0.4 is 15.5 Å². The van der Waals surface area contributed by atoms with Crippen molar-refractivity contribution in [3.8, 4) is 0 Å². The molecule has 0 radical (unpaired) electrons. The third-order valence-electron chi connectivity index (χ3n) is 4.23. The van der Waals surface area contributed by atoms with E-state index < -0.39 is 0 Å². The number of carbonyl (C=O) groups excluding carboxylic acids is 1. The molecule has 0 saturated carbocycles. The first kappa shape index (κ1) is 17.5. The Balaban J connectivity index is 1.77. The van der Waals surface area contributed by atoms with Gasteiger partial charge in [0, 0.05) is 38.5 Å². The maximum absolute atomic E-state index is 13.7. The fourth-order valence-corrected chi connectivity index (χ4v) is 2.79. The summed E-state index contributed by atoms with van der Waals surface area (Å²) in [7, 11) is 0. The predicted molar refractivity (Wildman–Crippen MR) is 86.8 cm³/mol. The Morgan fingerprint density at radius 1 is 1.61 bits per heavy atom. The Labute approximate surface area is 136 Å². The fraction of sp³-hybridized carbons (Fsp3) is 0.625. The van der Waals surface area contributed by atoms with Gasteiger partial charge in [-0.3, -0.25) is 0 Å². The minimum Gasteiger partial charge on any atom is -0.396 e. The highest BCUT2D eigenvalue weighted by Gasteiger charge is 2.26. The number of nitrogens with one attached hydrogen (secondary N) is 2. The molecule has 2 amide bonds. The van der Waals surface area contributed by atoms with Gasteiger partial charge in [0.1, 0.15) is 0 Å². The van der Waals surface area contributed by atoms with Crippen molar-refractivity contribution in [2.75, 3.05) is 31.1 Å². The van der Waals surface area contributed by atoms with Crippen molar-refractivity contribution in [3.63, 3.8) is 0 Å². The second-order valence-corrected chi connectivity index (χ2v) is 5.88. The normalized spacial score (nSPS) is 18.7. The molecular weight excluding hydrogens is 299 g/mol. The van der Waals surface area contributed by atoms with E-state index in [-0.39, 0.29) is 30.4 Å². The molecular formula is C16H25FN4O2. The van der Waals surface area contributed by atoms with Crippen LogP contribution in [0.1, 0.15) is 26.2 Å². The van der Waals surface area contributed by atoms with Crippen LogP contribution in [0.25, 0.3) is 0 Å². The molecule has 2 heterocycles. The van der Waals surface area contributed by atoms with Gasteiger partial charge in [0.15, 0.2) is 11.6 Å². The molecule has 3 N–H and O–H groups in total. The topological polar surface area (TPSA) is 77.5 Å². The molecule has 1 aromatic heterocycles. The summed E-state index contributed by atoms with van der Waals surface area (Å²) < 4.78 is 13.7. The minimum absolute atomic E-state index is 0.0191. The third-order valence-corrected chi connectivity index (χ3v) is 4.23. The van der Waals surface area contributed by atoms with Crippen molar-refractivity contribution >= 4 is 11.8 Å². The Morgan fingerprint density at radius 3 is 3.13 bits per heavy atom. The van der Waals surface area contributed by atoms with Crippen LogP contribution in [0.2, 0.25) is 0 Å². The summed E-state index contributed by atoms with van der Waals surface area (Å²) in [6.07, 6.45) is 3.93. The average molecular weight is 324 g/mol. The molecule has 128 valence electrons. The summed E-state index contributed by atoms with van der Waals surface area (Å²) in [6.45, 7) is 3.94. The van der Waals surface area contributed by atoms with Gasteiger partial charge in [-0.1, -0.05) is 13.3 Å². The van der Waals surface area contributed by atoms with Crippen molar-refractivity contribution in [3.05, 3.63) is 24.1 Å². The standard InChI is InChI=1S/C16H25FN4O2/c1-2-12(6-9-22)10-19-16(23)20-13-5-8-21(11-13)15-14(17)4-3-7-18-15/h3-4,7,12-13,22H,2,5-6,8-11H2,1H3,(H2,19,20,23). The highest BCUT2D eigenvalue weighted by atomic mass is 19.1. The van der Waals surface area contributed by atoms with Crippen LogP contribution in [-0.2, 0) is 0 Å². The van der Waals surface area contributed by atoms with Crippen LogP contribution in [0.15, 0.2) is 18.3 Å². The molecule has 2 atom stereocenters. The molecule has 1 aromatic rings. The summed E-state index contributed by atoms with van der Waals surface area (Å²) in [5.74, 6) is 0.284. The van der Waals surface area contributed by atoms with Crippen molar-refractivity contribution < 1.29 is 14.3 Å². The highest BCUT2D eigenvalue weighted by Crippen LogP contribution is 2.20. The Hall–Kier alpha value is -1.89. The van der Waals surface area contributed by atoms with E-state index in [9.17, 15) is 9.18 Å². The number of hydrogen-bond acceptors (Lipinski definition) is 4. The van der Waals surface area contributed by atoms with Crippen LogP contribution in [0.4, 0.5) is 15.0 Å². The van der Waals surface area contributed by atoms with Crippen LogP contribution >= 0.6 is 0 Å². The number of carbonyl (C=O) groups is 1. The van der Waals surface area contributed by atoms with Gasteiger partial charge in [0.2, 0.25) is 0 Å². The Kier molecular flexibility index (Phi) is 6.58. The molecule has 6 nitrogen and oxygen atoms in total. The number of pyridine rings is 1. The lowest BCUT2D eigenvalue weighted by Crippen LogP contribution is -2.44. The number of rotatable bonds is 7. The molecule has 0 bridgehead atoms. The Morgan fingerprint density at radius 2 is 2.43 bits per heavy atom. The Bertz CT molecular complexity index is 515. The van der Waals surface area contributed by atoms with Gasteiger partial charge in [-0.15, -0.1) is 0 Å². The van der Waals surface area contributed by atoms with Crippen LogP contribution in [0, 0.1) is 11.7 Å². The average Bonchev–Trinajstić information content (AvgIpc) is 3.00. The molecule has 1 fully saturated rings.